The molecule has 1 saturated heterocycles. The van der Waals surface area contributed by atoms with Crippen LogP contribution in [0.25, 0.3) is 0 Å². The number of aromatic hydroxyl groups is 1. The van der Waals surface area contributed by atoms with Gasteiger partial charge in [0.15, 0.2) is 0 Å². The van der Waals surface area contributed by atoms with Gasteiger partial charge in [0.05, 0.1) is 5.60 Å². The SMILES string of the molecule is Oc1ccc(N2CCCC2)cc1CC1(O)CC1. The maximum atomic E-state index is 9.94. The van der Waals surface area contributed by atoms with Gasteiger partial charge < -0.3 is 15.1 Å². The number of benzene rings is 1. The molecule has 1 aromatic rings. The lowest BCUT2D eigenvalue weighted by Gasteiger charge is -2.19. The van der Waals surface area contributed by atoms with E-state index in [4.69, 9.17) is 0 Å². The molecule has 0 radical (unpaired) electrons. The van der Waals surface area contributed by atoms with Crippen LogP contribution in [0, 0.1) is 0 Å². The van der Waals surface area contributed by atoms with E-state index in [0.29, 0.717) is 12.2 Å². The molecular weight excluding hydrogens is 214 g/mol. The molecule has 0 spiro atoms. The van der Waals surface area contributed by atoms with Crippen LogP contribution in [0.3, 0.4) is 0 Å². The van der Waals surface area contributed by atoms with Crippen molar-refractivity contribution < 1.29 is 10.2 Å². The van der Waals surface area contributed by atoms with E-state index in [0.717, 1.165) is 31.5 Å². The molecule has 2 fully saturated rings. The van der Waals surface area contributed by atoms with Crippen LogP contribution in [-0.4, -0.2) is 28.9 Å². The zero-order chi connectivity index (χ0) is 11.9. The summed E-state index contributed by atoms with van der Waals surface area (Å²) in [5.74, 6) is 0.313. The second-order valence-corrected chi connectivity index (χ2v) is 5.41. The number of phenols is 1. The molecule has 0 unspecified atom stereocenters. The lowest BCUT2D eigenvalue weighted by Crippen LogP contribution is -2.18. The van der Waals surface area contributed by atoms with Crippen molar-refractivity contribution in [2.75, 3.05) is 18.0 Å². The molecule has 0 bridgehead atoms. The van der Waals surface area contributed by atoms with Crippen molar-refractivity contribution in [2.24, 2.45) is 0 Å². The third-order valence-electron chi connectivity index (χ3n) is 3.88. The van der Waals surface area contributed by atoms with Gasteiger partial charge in [0, 0.05) is 25.2 Å². The van der Waals surface area contributed by atoms with E-state index < -0.39 is 5.60 Å². The van der Waals surface area contributed by atoms with Crippen LogP contribution in [0.5, 0.6) is 5.75 Å². The Morgan fingerprint density at radius 2 is 1.88 bits per heavy atom. The fourth-order valence-corrected chi connectivity index (χ4v) is 2.56. The molecule has 1 aromatic carbocycles. The highest BCUT2D eigenvalue weighted by atomic mass is 16.3. The van der Waals surface area contributed by atoms with E-state index in [1.807, 2.05) is 12.1 Å². The monoisotopic (exact) mass is 233 g/mol. The van der Waals surface area contributed by atoms with Crippen LogP contribution in [0.1, 0.15) is 31.2 Å². The third kappa shape index (κ3) is 2.25. The van der Waals surface area contributed by atoms with E-state index in [1.165, 1.54) is 18.5 Å². The van der Waals surface area contributed by atoms with Crippen LogP contribution in [0.15, 0.2) is 18.2 Å². The van der Waals surface area contributed by atoms with Crippen molar-refractivity contribution in [3.05, 3.63) is 23.8 Å². The van der Waals surface area contributed by atoms with Crippen molar-refractivity contribution in [1.29, 1.82) is 0 Å². The molecule has 3 rings (SSSR count). The summed E-state index contributed by atoms with van der Waals surface area (Å²) in [6.07, 6.45) is 4.81. The number of phenolic OH excluding ortho intramolecular Hbond substituents is 1. The van der Waals surface area contributed by atoms with Crippen molar-refractivity contribution in [3.8, 4) is 5.75 Å². The fourth-order valence-electron chi connectivity index (χ4n) is 2.56. The van der Waals surface area contributed by atoms with Gasteiger partial charge in [-0.1, -0.05) is 0 Å². The first-order chi connectivity index (χ1) is 8.16. The number of nitrogens with zero attached hydrogens (tertiary/aromatic N) is 1. The van der Waals surface area contributed by atoms with E-state index in [9.17, 15) is 10.2 Å². The summed E-state index contributed by atoms with van der Waals surface area (Å²) >= 11 is 0. The molecule has 1 saturated carbocycles. The van der Waals surface area contributed by atoms with Crippen molar-refractivity contribution in [1.82, 2.24) is 0 Å². The molecule has 3 heteroatoms. The Morgan fingerprint density at radius 3 is 2.53 bits per heavy atom. The lowest BCUT2D eigenvalue weighted by atomic mass is 10.0. The molecule has 0 amide bonds. The molecule has 1 aliphatic carbocycles. The molecule has 0 aromatic heterocycles. The molecule has 0 atom stereocenters. The summed E-state index contributed by atoms with van der Waals surface area (Å²) in [5, 5.41) is 19.8. The number of anilines is 1. The maximum Gasteiger partial charge on any atom is 0.119 e. The van der Waals surface area contributed by atoms with Gasteiger partial charge in [-0.3, -0.25) is 0 Å². The van der Waals surface area contributed by atoms with E-state index >= 15 is 0 Å². The van der Waals surface area contributed by atoms with Gasteiger partial charge in [-0.2, -0.15) is 0 Å². The fraction of sp³-hybridized carbons (Fsp3) is 0.571. The number of rotatable bonds is 3. The number of hydrogen-bond donors (Lipinski definition) is 2. The van der Waals surface area contributed by atoms with E-state index in [1.54, 1.807) is 6.07 Å². The third-order valence-corrected chi connectivity index (χ3v) is 3.88. The van der Waals surface area contributed by atoms with Gasteiger partial charge in [-0.15, -0.1) is 0 Å². The van der Waals surface area contributed by atoms with E-state index in [2.05, 4.69) is 4.90 Å². The molecule has 1 aliphatic heterocycles. The Morgan fingerprint density at radius 1 is 1.18 bits per heavy atom. The second-order valence-electron chi connectivity index (χ2n) is 5.41. The van der Waals surface area contributed by atoms with Gasteiger partial charge in [0.1, 0.15) is 5.75 Å². The first-order valence-electron chi connectivity index (χ1n) is 6.46. The number of hydrogen-bond acceptors (Lipinski definition) is 3. The van der Waals surface area contributed by atoms with Crippen LogP contribution in [0.2, 0.25) is 0 Å². The average Bonchev–Trinajstić information content (AvgIpc) is 2.84. The normalized spacial score (nSPS) is 21.8. The quantitative estimate of drug-likeness (QED) is 0.840. The highest BCUT2D eigenvalue weighted by Gasteiger charge is 2.40. The Labute approximate surface area is 102 Å². The van der Waals surface area contributed by atoms with Crippen LogP contribution in [-0.2, 0) is 6.42 Å². The lowest BCUT2D eigenvalue weighted by molar-refractivity contribution is 0.150. The summed E-state index contributed by atoms with van der Waals surface area (Å²) in [6.45, 7) is 2.21. The van der Waals surface area contributed by atoms with Gasteiger partial charge in [0.2, 0.25) is 0 Å². The smallest absolute Gasteiger partial charge is 0.119 e. The number of aliphatic hydroxyl groups is 1. The Bertz CT molecular complexity index is 420. The Balaban J connectivity index is 1.83. The van der Waals surface area contributed by atoms with Gasteiger partial charge in [-0.05, 0) is 49.4 Å². The van der Waals surface area contributed by atoms with Crippen LogP contribution >= 0.6 is 0 Å². The molecule has 1 heterocycles. The first-order valence-corrected chi connectivity index (χ1v) is 6.46. The Hall–Kier alpha value is -1.22. The second kappa shape index (κ2) is 3.91. The minimum Gasteiger partial charge on any atom is -0.508 e. The van der Waals surface area contributed by atoms with Crippen molar-refractivity contribution >= 4 is 5.69 Å². The largest absolute Gasteiger partial charge is 0.508 e. The van der Waals surface area contributed by atoms with Crippen LogP contribution in [0.4, 0.5) is 5.69 Å². The van der Waals surface area contributed by atoms with Gasteiger partial charge >= 0.3 is 0 Å². The summed E-state index contributed by atoms with van der Waals surface area (Å²) in [5.41, 5.74) is 1.52. The maximum absolute atomic E-state index is 9.94. The minimum absolute atomic E-state index is 0.313. The highest BCUT2D eigenvalue weighted by molar-refractivity contribution is 5.53. The highest BCUT2D eigenvalue weighted by Crippen LogP contribution is 2.40. The minimum atomic E-state index is -0.541. The molecule has 92 valence electrons. The summed E-state index contributed by atoms with van der Waals surface area (Å²) in [6, 6.07) is 5.77. The molecule has 2 aliphatic rings. The molecular formula is C14H19NO2. The topological polar surface area (TPSA) is 43.7 Å². The summed E-state index contributed by atoms with van der Waals surface area (Å²) < 4.78 is 0. The van der Waals surface area contributed by atoms with Crippen LogP contribution < -0.4 is 4.90 Å². The van der Waals surface area contributed by atoms with Crippen molar-refractivity contribution in [3.63, 3.8) is 0 Å². The predicted octanol–water partition coefficient (Wildman–Crippen LogP) is 2.06. The van der Waals surface area contributed by atoms with Gasteiger partial charge in [-0.25, -0.2) is 0 Å². The molecule has 17 heavy (non-hydrogen) atoms. The standard InChI is InChI=1S/C14H19NO2/c16-13-4-3-12(15-7-1-2-8-15)9-11(13)10-14(17)5-6-14/h3-4,9,16-17H,1-2,5-8,10H2. The van der Waals surface area contributed by atoms with Crippen molar-refractivity contribution in [2.45, 2.75) is 37.7 Å². The predicted molar refractivity (Wildman–Crippen MR) is 67.4 cm³/mol. The van der Waals surface area contributed by atoms with Gasteiger partial charge in [0.25, 0.3) is 0 Å². The zero-order valence-corrected chi connectivity index (χ0v) is 10.0. The Kier molecular flexibility index (Phi) is 2.51. The summed E-state index contributed by atoms with van der Waals surface area (Å²) in [7, 11) is 0. The first kappa shape index (κ1) is 10.9. The summed E-state index contributed by atoms with van der Waals surface area (Å²) in [4.78, 5) is 2.35. The average molecular weight is 233 g/mol. The molecule has 3 nitrogen and oxygen atoms in total. The zero-order valence-electron chi connectivity index (χ0n) is 10.0. The molecule has 2 N–H and O–H groups in total. The van der Waals surface area contributed by atoms with E-state index in [-0.39, 0.29) is 0 Å².